The van der Waals surface area contributed by atoms with Crippen molar-refractivity contribution in [2.24, 2.45) is 11.3 Å². The summed E-state index contributed by atoms with van der Waals surface area (Å²) in [6.07, 6.45) is 3.42. The van der Waals surface area contributed by atoms with Gasteiger partial charge in [-0.1, -0.05) is 20.8 Å². The highest BCUT2D eigenvalue weighted by atomic mass is 16.2. The van der Waals surface area contributed by atoms with Crippen LogP contribution in [0.25, 0.3) is 0 Å². The molecule has 0 spiro atoms. The van der Waals surface area contributed by atoms with E-state index in [1.54, 1.807) is 7.05 Å². The Balaban J connectivity index is 1.98. The molecular weight excluding hydrogens is 228 g/mol. The van der Waals surface area contributed by atoms with Crippen LogP contribution < -0.4 is 5.32 Å². The fourth-order valence-corrected chi connectivity index (χ4v) is 3.45. The molecule has 102 valence electrons. The molecule has 4 heteroatoms. The Hall–Kier alpha value is -0.900. The molecule has 1 saturated carbocycles. The molecule has 3 unspecified atom stereocenters. The first-order valence-corrected chi connectivity index (χ1v) is 6.86. The zero-order valence-corrected chi connectivity index (χ0v) is 11.8. The fraction of sp³-hybridized carbons (Fsp3) is 0.857. The molecule has 2 fully saturated rings. The number of rotatable bonds is 2. The quantitative estimate of drug-likeness (QED) is 0.759. The molecular formula is C14H24N2O2. The Labute approximate surface area is 109 Å². The maximum Gasteiger partial charge on any atom is 0.246 e. The maximum absolute atomic E-state index is 12.0. The summed E-state index contributed by atoms with van der Waals surface area (Å²) in [6, 6.07) is 0.226. The number of amides is 2. The summed E-state index contributed by atoms with van der Waals surface area (Å²) < 4.78 is 0. The van der Waals surface area contributed by atoms with Gasteiger partial charge in [-0.3, -0.25) is 14.5 Å². The number of imide groups is 1. The summed E-state index contributed by atoms with van der Waals surface area (Å²) in [5.41, 5.74) is 0.358. The molecule has 0 bridgehead atoms. The first-order chi connectivity index (χ1) is 8.30. The molecule has 0 radical (unpaired) electrons. The first kappa shape index (κ1) is 13.5. The second-order valence-electron chi connectivity index (χ2n) is 6.71. The number of hydrogen-bond donors (Lipinski definition) is 1. The Bertz CT molecular complexity index is 365. The Morgan fingerprint density at radius 2 is 1.94 bits per heavy atom. The van der Waals surface area contributed by atoms with E-state index in [1.165, 1.54) is 11.3 Å². The van der Waals surface area contributed by atoms with E-state index in [2.05, 4.69) is 26.1 Å². The van der Waals surface area contributed by atoms with Gasteiger partial charge in [-0.05, 0) is 30.6 Å². The minimum Gasteiger partial charge on any atom is -0.303 e. The van der Waals surface area contributed by atoms with E-state index in [9.17, 15) is 9.59 Å². The van der Waals surface area contributed by atoms with E-state index in [4.69, 9.17) is 0 Å². The Morgan fingerprint density at radius 1 is 1.28 bits per heavy atom. The third kappa shape index (κ3) is 2.58. The van der Waals surface area contributed by atoms with Gasteiger partial charge >= 0.3 is 0 Å². The van der Waals surface area contributed by atoms with Crippen LogP contribution >= 0.6 is 0 Å². The van der Waals surface area contributed by atoms with Gasteiger partial charge < -0.3 is 5.32 Å². The topological polar surface area (TPSA) is 49.4 Å². The van der Waals surface area contributed by atoms with Gasteiger partial charge in [0.1, 0.15) is 0 Å². The molecule has 2 amide bonds. The molecule has 2 aliphatic rings. The molecule has 1 saturated heterocycles. The average molecular weight is 252 g/mol. The molecule has 1 aliphatic heterocycles. The highest BCUT2D eigenvalue weighted by Crippen LogP contribution is 2.41. The summed E-state index contributed by atoms with van der Waals surface area (Å²) >= 11 is 0. The van der Waals surface area contributed by atoms with E-state index in [0.717, 1.165) is 6.42 Å². The van der Waals surface area contributed by atoms with E-state index in [-0.39, 0.29) is 17.9 Å². The smallest absolute Gasteiger partial charge is 0.246 e. The van der Waals surface area contributed by atoms with Gasteiger partial charge in [0.15, 0.2) is 0 Å². The van der Waals surface area contributed by atoms with Crippen molar-refractivity contribution < 1.29 is 9.59 Å². The number of carbonyl (C=O) groups excluding carboxylic acids is 2. The zero-order chi connectivity index (χ0) is 13.5. The van der Waals surface area contributed by atoms with Gasteiger partial charge in [-0.2, -0.15) is 0 Å². The normalized spacial score (nSPS) is 36.2. The highest BCUT2D eigenvalue weighted by Gasteiger charge is 2.40. The number of likely N-dealkylation sites (N-methyl/N-ethyl adjacent to an activating group) is 1. The number of piperidine rings is 1. The van der Waals surface area contributed by atoms with Crippen molar-refractivity contribution in [2.45, 2.75) is 58.5 Å². The lowest BCUT2D eigenvalue weighted by molar-refractivity contribution is -0.148. The van der Waals surface area contributed by atoms with Crippen molar-refractivity contribution >= 4 is 11.8 Å². The summed E-state index contributed by atoms with van der Waals surface area (Å²) in [5.74, 6) is 0.469. The van der Waals surface area contributed by atoms with Crippen LogP contribution in [0.4, 0.5) is 0 Å². The fourth-order valence-electron chi connectivity index (χ4n) is 3.45. The number of likely N-dealkylation sites (tertiary alicyclic amines) is 1. The summed E-state index contributed by atoms with van der Waals surface area (Å²) in [7, 11) is 1.58. The molecule has 0 aromatic rings. The van der Waals surface area contributed by atoms with Crippen LogP contribution in [0.2, 0.25) is 0 Å². The van der Waals surface area contributed by atoms with Crippen molar-refractivity contribution in [3.05, 3.63) is 0 Å². The Morgan fingerprint density at radius 3 is 2.50 bits per heavy atom. The van der Waals surface area contributed by atoms with Gasteiger partial charge in [0.25, 0.3) is 0 Å². The predicted molar refractivity (Wildman–Crippen MR) is 69.9 cm³/mol. The van der Waals surface area contributed by atoms with E-state index < -0.39 is 0 Å². The molecule has 4 nitrogen and oxygen atoms in total. The molecule has 3 atom stereocenters. The zero-order valence-electron chi connectivity index (χ0n) is 11.8. The first-order valence-electron chi connectivity index (χ1n) is 6.86. The van der Waals surface area contributed by atoms with Crippen molar-refractivity contribution in [1.82, 2.24) is 10.2 Å². The molecule has 1 heterocycles. The average Bonchev–Trinajstić information content (AvgIpc) is 2.53. The highest BCUT2D eigenvalue weighted by molar-refractivity contribution is 6.00. The van der Waals surface area contributed by atoms with Crippen LogP contribution in [0.3, 0.4) is 0 Å². The maximum atomic E-state index is 12.0. The number of nitrogens with zero attached hydrogens (tertiary/aromatic N) is 1. The second kappa shape index (κ2) is 4.65. The molecule has 1 aliphatic carbocycles. The third-order valence-corrected chi connectivity index (χ3v) is 4.40. The van der Waals surface area contributed by atoms with Gasteiger partial charge in [0.2, 0.25) is 11.8 Å². The van der Waals surface area contributed by atoms with Crippen LogP contribution in [-0.2, 0) is 9.59 Å². The van der Waals surface area contributed by atoms with Crippen molar-refractivity contribution in [3.63, 3.8) is 0 Å². The van der Waals surface area contributed by atoms with Gasteiger partial charge in [0, 0.05) is 19.5 Å². The van der Waals surface area contributed by atoms with E-state index in [0.29, 0.717) is 30.2 Å². The van der Waals surface area contributed by atoms with Gasteiger partial charge in [-0.15, -0.1) is 0 Å². The van der Waals surface area contributed by atoms with Crippen LogP contribution in [0.1, 0.15) is 46.5 Å². The van der Waals surface area contributed by atoms with Crippen molar-refractivity contribution in [1.29, 1.82) is 0 Å². The molecule has 0 aromatic heterocycles. The van der Waals surface area contributed by atoms with Crippen LogP contribution in [0.5, 0.6) is 0 Å². The summed E-state index contributed by atoms with van der Waals surface area (Å²) in [5, 5.41) is 3.48. The lowest BCUT2D eigenvalue weighted by Crippen LogP contribution is -2.54. The largest absolute Gasteiger partial charge is 0.303 e. The predicted octanol–water partition coefficient (Wildman–Crippen LogP) is 1.55. The molecule has 2 rings (SSSR count). The van der Waals surface area contributed by atoms with Gasteiger partial charge in [-0.25, -0.2) is 0 Å². The lowest BCUT2D eigenvalue weighted by Gasteiger charge is -2.31. The lowest BCUT2D eigenvalue weighted by atomic mass is 9.91. The van der Waals surface area contributed by atoms with E-state index in [1.807, 2.05) is 0 Å². The van der Waals surface area contributed by atoms with Crippen molar-refractivity contribution in [3.8, 4) is 0 Å². The van der Waals surface area contributed by atoms with Gasteiger partial charge in [0.05, 0.1) is 6.04 Å². The number of carbonyl (C=O) groups is 2. The Kier molecular flexibility index (Phi) is 3.49. The summed E-state index contributed by atoms with van der Waals surface area (Å²) in [4.78, 5) is 24.7. The monoisotopic (exact) mass is 252 g/mol. The van der Waals surface area contributed by atoms with E-state index >= 15 is 0 Å². The standard InChI is InChI=1S/C14H24N2O2/c1-9-7-14(2,3)8-11(9)15-10-5-6-12(17)16(4)13(10)18/h9-11,15H,5-8H2,1-4H3. The minimum absolute atomic E-state index is 0.0575. The third-order valence-electron chi connectivity index (χ3n) is 4.40. The molecule has 1 N–H and O–H groups in total. The molecule has 0 aromatic carbocycles. The summed E-state index contributed by atoms with van der Waals surface area (Å²) in [6.45, 7) is 6.81. The number of hydrogen-bond acceptors (Lipinski definition) is 3. The SMILES string of the molecule is CC1CC(C)(C)CC1NC1CCC(=O)N(C)C1=O. The minimum atomic E-state index is -0.172. The van der Waals surface area contributed by atoms with Crippen LogP contribution in [-0.4, -0.2) is 35.8 Å². The van der Waals surface area contributed by atoms with Crippen LogP contribution in [0, 0.1) is 11.3 Å². The second-order valence-corrected chi connectivity index (χ2v) is 6.71. The van der Waals surface area contributed by atoms with Crippen molar-refractivity contribution in [2.75, 3.05) is 7.05 Å². The number of nitrogens with one attached hydrogen (secondary N) is 1. The molecule has 18 heavy (non-hydrogen) atoms. The van der Waals surface area contributed by atoms with Crippen LogP contribution in [0.15, 0.2) is 0 Å².